The van der Waals surface area contributed by atoms with Crippen LogP contribution in [0.1, 0.15) is 79.7 Å². The zero-order valence-electron chi connectivity index (χ0n) is 36.2. The molecule has 0 fully saturated rings. The summed E-state index contributed by atoms with van der Waals surface area (Å²) in [4.78, 5) is 35.0. The number of anilines is 1. The van der Waals surface area contributed by atoms with Gasteiger partial charge in [0, 0.05) is 65.6 Å². The molecule has 62 heavy (non-hydrogen) atoms. The van der Waals surface area contributed by atoms with Gasteiger partial charge >= 0.3 is 5.97 Å². The summed E-state index contributed by atoms with van der Waals surface area (Å²) in [6.45, 7) is 13.4. The largest absolute Gasteiger partial charge is 0.494 e. The van der Waals surface area contributed by atoms with Crippen molar-refractivity contribution < 1.29 is 28.9 Å². The third-order valence-electron chi connectivity index (χ3n) is 11.9. The number of hydrogen-bond acceptors (Lipinski definition) is 7. The van der Waals surface area contributed by atoms with Crippen molar-refractivity contribution in [3.63, 3.8) is 0 Å². The summed E-state index contributed by atoms with van der Waals surface area (Å²) in [5, 5.41) is 18.2. The maximum Gasteiger partial charge on any atom is 0.352 e. The average Bonchev–Trinajstić information content (AvgIpc) is 3.86. The summed E-state index contributed by atoms with van der Waals surface area (Å²) in [7, 11) is 3.51. The normalized spacial score (nSPS) is 14.0. The summed E-state index contributed by atoms with van der Waals surface area (Å²) in [6, 6.07) is 16.7. The number of pyridine rings is 1. The Morgan fingerprint density at radius 1 is 0.903 bits per heavy atom. The van der Waals surface area contributed by atoms with Crippen LogP contribution in [0.25, 0.3) is 32.9 Å². The second-order valence-corrected chi connectivity index (χ2v) is 17.0. The van der Waals surface area contributed by atoms with Crippen LogP contribution in [0.5, 0.6) is 11.5 Å². The predicted molar refractivity (Wildman–Crippen MR) is 244 cm³/mol. The molecule has 12 nitrogen and oxygen atoms in total. The maximum atomic E-state index is 15.6. The van der Waals surface area contributed by atoms with E-state index >= 15 is 4.79 Å². The van der Waals surface area contributed by atoms with Gasteiger partial charge in [-0.2, -0.15) is 5.10 Å². The monoisotopic (exact) mass is 876 g/mol. The van der Waals surface area contributed by atoms with E-state index in [1.807, 2.05) is 88.8 Å². The van der Waals surface area contributed by atoms with E-state index in [2.05, 4.69) is 16.5 Å². The summed E-state index contributed by atoms with van der Waals surface area (Å²) < 4.78 is 23.5. The van der Waals surface area contributed by atoms with Gasteiger partial charge in [0.05, 0.1) is 52.9 Å². The first-order chi connectivity index (χ1) is 29.7. The molecule has 1 atom stereocenters. The number of amides is 1. The van der Waals surface area contributed by atoms with E-state index in [-0.39, 0.29) is 30.8 Å². The van der Waals surface area contributed by atoms with E-state index in [9.17, 15) is 9.90 Å². The first kappa shape index (κ1) is 42.9. The number of carboxylic acids is 1. The van der Waals surface area contributed by atoms with Gasteiger partial charge in [-0.3, -0.25) is 14.5 Å². The Balaban J connectivity index is 1.30. The summed E-state index contributed by atoms with van der Waals surface area (Å²) >= 11 is 13.6. The summed E-state index contributed by atoms with van der Waals surface area (Å²) in [5.41, 5.74) is 10.6. The number of methoxy groups -OCH3 is 1. The lowest BCUT2D eigenvalue weighted by Gasteiger charge is -2.35. The zero-order valence-corrected chi connectivity index (χ0v) is 37.7. The number of halogens is 2. The molecule has 7 aromatic rings. The molecule has 0 aliphatic carbocycles. The van der Waals surface area contributed by atoms with Crippen LogP contribution in [0.15, 0.2) is 60.8 Å². The number of aromatic carboxylic acids is 1. The van der Waals surface area contributed by atoms with Crippen molar-refractivity contribution in [2.24, 2.45) is 7.05 Å². The molecule has 1 aliphatic rings. The van der Waals surface area contributed by atoms with Crippen molar-refractivity contribution in [2.45, 2.75) is 67.0 Å². The molecule has 0 unspecified atom stereocenters. The van der Waals surface area contributed by atoms with Gasteiger partial charge in [0.1, 0.15) is 29.5 Å². The molecular formula is C48H50Cl2N6O6. The van der Waals surface area contributed by atoms with Gasteiger partial charge in [-0.05, 0) is 125 Å². The summed E-state index contributed by atoms with van der Waals surface area (Å²) in [5.74, 6) is -0.100. The number of benzene rings is 3. The van der Waals surface area contributed by atoms with Crippen LogP contribution >= 0.6 is 23.2 Å². The van der Waals surface area contributed by atoms with Crippen molar-refractivity contribution in [1.82, 2.24) is 23.9 Å². The Labute approximate surface area is 370 Å². The number of rotatable bonds is 14. The number of aromatic nitrogens is 5. The van der Waals surface area contributed by atoms with Crippen LogP contribution in [0, 0.1) is 34.6 Å². The molecule has 322 valence electrons. The van der Waals surface area contributed by atoms with Crippen LogP contribution in [-0.4, -0.2) is 74.4 Å². The first-order valence-electron chi connectivity index (χ1n) is 20.7. The van der Waals surface area contributed by atoms with Gasteiger partial charge in [0.25, 0.3) is 5.91 Å². The summed E-state index contributed by atoms with van der Waals surface area (Å²) in [6.07, 6.45) is 2.86. The molecule has 3 aromatic carbocycles. The van der Waals surface area contributed by atoms with E-state index < -0.39 is 5.97 Å². The Bertz CT molecular complexity index is 2890. The Morgan fingerprint density at radius 3 is 2.34 bits per heavy atom. The van der Waals surface area contributed by atoms with Crippen molar-refractivity contribution in [3.8, 4) is 22.6 Å². The molecule has 4 aromatic heterocycles. The van der Waals surface area contributed by atoms with Crippen LogP contribution in [0.4, 0.5) is 5.69 Å². The van der Waals surface area contributed by atoms with Crippen molar-refractivity contribution in [1.29, 1.82) is 0 Å². The quantitative estimate of drug-likeness (QED) is 0.107. The maximum absolute atomic E-state index is 15.6. The topological polar surface area (TPSA) is 126 Å². The van der Waals surface area contributed by atoms with E-state index in [1.54, 1.807) is 34.9 Å². The number of carbonyl (C=O) groups excluding carboxylic acids is 1. The average molecular weight is 878 g/mol. The van der Waals surface area contributed by atoms with Gasteiger partial charge in [-0.15, -0.1) is 0 Å². The molecular weight excluding hydrogens is 827 g/mol. The van der Waals surface area contributed by atoms with Crippen molar-refractivity contribution in [3.05, 3.63) is 122 Å². The number of carboxylic acid groups (broad SMARTS) is 1. The molecule has 14 heteroatoms. The second-order valence-electron chi connectivity index (χ2n) is 16.2. The van der Waals surface area contributed by atoms with Crippen LogP contribution in [-0.2, 0) is 24.8 Å². The van der Waals surface area contributed by atoms with Crippen LogP contribution < -0.4 is 14.4 Å². The SMILES string of the molecule is COCCOc1ccc(N2C[C@@H](C)n3c(c(CCCOc4cc(C)c(Cl)c(C)c4)c4ccc(Cl)c(-c5c(C)nn(C)c5C)c43)C2=O)c2c1cc(C(=O)O)n2Cc1cc(C)ccn1. The fraction of sp³-hybridized carbons (Fsp3) is 0.333. The third kappa shape index (κ3) is 7.58. The molecule has 5 heterocycles. The molecule has 0 saturated heterocycles. The smallest absolute Gasteiger partial charge is 0.352 e. The number of aryl methyl sites for hydroxylation is 6. The molecule has 0 spiro atoms. The highest BCUT2D eigenvalue weighted by Crippen LogP contribution is 2.46. The zero-order chi connectivity index (χ0) is 44.1. The molecule has 1 aliphatic heterocycles. The molecule has 0 radical (unpaired) electrons. The minimum atomic E-state index is -1.11. The number of carbonyl (C=O) groups is 2. The van der Waals surface area contributed by atoms with E-state index in [4.69, 9.17) is 42.5 Å². The Kier molecular flexibility index (Phi) is 11.9. The van der Waals surface area contributed by atoms with Gasteiger partial charge in [0.2, 0.25) is 0 Å². The highest BCUT2D eigenvalue weighted by atomic mass is 35.5. The lowest BCUT2D eigenvalue weighted by atomic mass is 9.98. The van der Waals surface area contributed by atoms with Gasteiger partial charge in [-0.25, -0.2) is 4.79 Å². The second kappa shape index (κ2) is 17.2. The van der Waals surface area contributed by atoms with Gasteiger partial charge in [0.15, 0.2) is 0 Å². The molecule has 1 amide bonds. The standard InChI is InChI=1S/C48H50Cl2N6O6/c1-26-15-16-51-32(20-26)25-54-39(48(58)59)23-36-40(62-19-18-60-8)14-13-38(44(36)54)55-24-29(4)56-45-35(11-12-37(49)42(45)41-30(5)52-53(7)31(41)6)34(46(56)47(55)57)10-9-17-61-33-21-27(2)43(50)28(3)22-33/h11-16,20-23,29H,9-10,17-19,24-25H2,1-8H3,(H,58,59)/t29-/m1/s1. The van der Waals surface area contributed by atoms with Crippen molar-refractivity contribution in [2.75, 3.05) is 38.4 Å². The molecule has 0 bridgehead atoms. The number of hydrogen-bond donors (Lipinski definition) is 1. The van der Waals surface area contributed by atoms with E-state index in [0.717, 1.165) is 66.4 Å². The highest BCUT2D eigenvalue weighted by Gasteiger charge is 2.38. The predicted octanol–water partition coefficient (Wildman–Crippen LogP) is 10.2. The number of nitrogens with zero attached hydrogens (tertiary/aromatic N) is 6. The Morgan fingerprint density at radius 2 is 1.66 bits per heavy atom. The number of ether oxygens (including phenoxy) is 3. The molecule has 0 saturated carbocycles. The van der Waals surface area contributed by atoms with Gasteiger partial charge in [-0.1, -0.05) is 29.3 Å². The van der Waals surface area contributed by atoms with Gasteiger partial charge < -0.3 is 33.4 Å². The minimum absolute atomic E-state index is 0.0484. The molecule has 1 N–H and O–H groups in total. The molecule has 8 rings (SSSR count). The fourth-order valence-corrected chi connectivity index (χ4v) is 9.40. The lowest BCUT2D eigenvalue weighted by molar-refractivity contribution is 0.0686. The van der Waals surface area contributed by atoms with Crippen LogP contribution in [0.3, 0.4) is 0 Å². The van der Waals surface area contributed by atoms with Crippen molar-refractivity contribution >= 4 is 62.6 Å². The number of fused-ring (bicyclic) bond motifs is 4. The van der Waals surface area contributed by atoms with Crippen LogP contribution in [0.2, 0.25) is 10.0 Å². The highest BCUT2D eigenvalue weighted by molar-refractivity contribution is 6.35. The van der Waals surface area contributed by atoms with E-state index in [1.165, 1.54) is 0 Å². The third-order valence-corrected chi connectivity index (χ3v) is 12.8. The fourth-order valence-electron chi connectivity index (χ4n) is 9.04. The lowest BCUT2D eigenvalue weighted by Crippen LogP contribution is -2.43. The Hall–Kier alpha value is -5.82. The minimum Gasteiger partial charge on any atom is -0.494 e. The van der Waals surface area contributed by atoms with E-state index in [0.29, 0.717) is 71.4 Å². The first-order valence-corrected chi connectivity index (χ1v) is 21.5.